The van der Waals surface area contributed by atoms with Crippen LogP contribution in [0.2, 0.25) is 0 Å². The van der Waals surface area contributed by atoms with Gasteiger partial charge in [-0.1, -0.05) is 140 Å². The Balaban J connectivity index is 1.84. The zero-order chi connectivity index (χ0) is 26.1. The number of hydrogen-bond acceptors (Lipinski definition) is 0. The molecule has 0 saturated heterocycles. The summed E-state index contributed by atoms with van der Waals surface area (Å²) >= 11 is 0. The molecule has 0 aromatic heterocycles. The van der Waals surface area contributed by atoms with E-state index in [0.717, 1.165) is 6.42 Å². The van der Waals surface area contributed by atoms with E-state index in [4.69, 9.17) is 0 Å². The van der Waals surface area contributed by atoms with Crippen molar-refractivity contribution in [1.82, 2.24) is 0 Å². The average molecular weight is 512 g/mol. The first-order valence-corrected chi connectivity index (χ1v) is 16.4. The molecule has 0 aliphatic heterocycles. The summed E-state index contributed by atoms with van der Waals surface area (Å²) in [6.45, 7) is 19.4. The lowest BCUT2D eigenvalue weighted by Gasteiger charge is -2.49. The van der Waals surface area contributed by atoms with Gasteiger partial charge in [0, 0.05) is 5.66 Å². The predicted octanol–water partition coefficient (Wildman–Crippen LogP) is 10.7. The molecular weight excluding hydrogens is 470 g/mol. The van der Waals surface area contributed by atoms with Gasteiger partial charge in [0.15, 0.2) is 0 Å². The van der Waals surface area contributed by atoms with E-state index in [-0.39, 0.29) is 10.3 Å². The summed E-state index contributed by atoms with van der Waals surface area (Å²) in [5.41, 5.74) is 9.97. The van der Waals surface area contributed by atoms with Gasteiger partial charge in [-0.15, -0.1) is 0 Å². The summed E-state index contributed by atoms with van der Waals surface area (Å²) < 4.78 is 0. The van der Waals surface area contributed by atoms with Crippen molar-refractivity contribution < 1.29 is 0 Å². The molecule has 0 amide bonds. The highest BCUT2D eigenvalue weighted by Gasteiger charge is 2.45. The number of rotatable bonds is 5. The lowest BCUT2D eigenvalue weighted by molar-refractivity contribution is 0.776. The van der Waals surface area contributed by atoms with Crippen LogP contribution in [0.3, 0.4) is 0 Å². The molecule has 0 saturated carbocycles. The third kappa shape index (κ3) is 5.77. The van der Waals surface area contributed by atoms with Gasteiger partial charge in [-0.2, -0.15) is 0 Å². The Morgan fingerprint density at radius 3 is 1.75 bits per heavy atom. The van der Waals surface area contributed by atoms with Crippen LogP contribution in [0.15, 0.2) is 96.6 Å². The van der Waals surface area contributed by atoms with Crippen LogP contribution in [0, 0.1) is 12.6 Å². The Labute approximate surface area is 222 Å². The molecule has 0 bridgehead atoms. The van der Waals surface area contributed by atoms with E-state index < -0.39 is 15.2 Å². The third-order valence-corrected chi connectivity index (χ3v) is 17.6. The normalized spacial score (nSPS) is 16.8. The molecule has 0 N–H and O–H groups in total. The van der Waals surface area contributed by atoms with E-state index in [2.05, 4.69) is 146 Å². The van der Waals surface area contributed by atoms with E-state index in [1.165, 1.54) is 38.7 Å². The highest BCUT2D eigenvalue weighted by Crippen LogP contribution is 2.85. The average Bonchev–Trinajstić information content (AvgIpc) is 2.82. The molecule has 0 nitrogen and oxygen atoms in total. The Morgan fingerprint density at radius 1 is 0.611 bits per heavy atom. The van der Waals surface area contributed by atoms with Crippen LogP contribution in [0.25, 0.3) is 16.7 Å². The molecule has 0 spiro atoms. The van der Waals surface area contributed by atoms with Crippen LogP contribution >= 0.6 is 15.2 Å². The topological polar surface area (TPSA) is 0 Å². The Hall–Kier alpha value is -2.00. The van der Waals surface area contributed by atoms with Gasteiger partial charge < -0.3 is 0 Å². The fourth-order valence-electron chi connectivity index (χ4n) is 5.23. The van der Waals surface area contributed by atoms with Gasteiger partial charge in [0.2, 0.25) is 0 Å². The Kier molecular flexibility index (Phi) is 8.10. The zero-order valence-electron chi connectivity index (χ0n) is 23.3. The number of allylic oxidation sites excluding steroid dienone is 4. The lowest BCUT2D eigenvalue weighted by Crippen LogP contribution is -2.26. The molecule has 36 heavy (non-hydrogen) atoms. The van der Waals surface area contributed by atoms with Crippen LogP contribution in [-0.2, 0) is 0 Å². The fourth-order valence-corrected chi connectivity index (χ4v) is 15.7. The maximum atomic E-state index is 2.48. The minimum atomic E-state index is -0.441. The summed E-state index contributed by atoms with van der Waals surface area (Å²) in [5, 5.41) is 1.92. The molecule has 2 atom stereocenters. The zero-order valence-corrected chi connectivity index (χ0v) is 25.1. The third-order valence-electron chi connectivity index (χ3n) is 6.72. The monoisotopic (exact) mass is 511 g/mol. The van der Waals surface area contributed by atoms with Gasteiger partial charge in [0.25, 0.3) is 0 Å². The first kappa shape index (κ1) is 27.0. The molecular formula is C34H41P2. The van der Waals surface area contributed by atoms with Crippen molar-refractivity contribution in [3.05, 3.63) is 113 Å². The van der Waals surface area contributed by atoms with Crippen molar-refractivity contribution in [3.8, 4) is 11.1 Å². The molecule has 2 unspecified atom stereocenters. The van der Waals surface area contributed by atoms with Crippen LogP contribution in [0.1, 0.15) is 66.0 Å². The van der Waals surface area contributed by atoms with Crippen molar-refractivity contribution >= 4 is 26.1 Å². The Morgan fingerprint density at radius 2 is 1.17 bits per heavy atom. The quantitative estimate of drug-likeness (QED) is 0.299. The Bertz CT molecular complexity index is 1230. The van der Waals surface area contributed by atoms with Gasteiger partial charge in [-0.05, 0) is 76.9 Å². The maximum absolute atomic E-state index is 2.48. The van der Waals surface area contributed by atoms with E-state index in [9.17, 15) is 0 Å². The lowest BCUT2D eigenvalue weighted by atomic mass is 9.89. The smallest absolute Gasteiger partial charge is 0.0387 e. The van der Waals surface area contributed by atoms with Crippen molar-refractivity contribution in [2.45, 2.75) is 72.1 Å². The number of aryl methyl sites for hydroxylation is 1. The molecule has 1 aliphatic rings. The molecule has 3 aromatic rings. The molecule has 1 radical (unpaired) electrons. The fraction of sp³-hybridized carbons (Fsp3) is 0.324. The standard InChI is InChI=1S/C34H41P2/c1-25-15-12-13-19-30(25)32-26(2)16-14-20-31(32)36(34(6,7)8)35(33(3,4)5)29-23-21-28(22-24-29)27-17-10-9-11-18-27/h9-19,21-24H,20H2,1-8H3. The minimum Gasteiger partial charge on any atom is -0.0830 e. The molecule has 2 heteroatoms. The predicted molar refractivity (Wildman–Crippen MR) is 166 cm³/mol. The number of hydrogen-bond donors (Lipinski definition) is 0. The second-order valence-electron chi connectivity index (χ2n) is 11.8. The van der Waals surface area contributed by atoms with E-state index in [1.54, 1.807) is 5.66 Å². The van der Waals surface area contributed by atoms with Gasteiger partial charge in [0.05, 0.1) is 0 Å². The second-order valence-corrected chi connectivity index (χ2v) is 19.2. The van der Waals surface area contributed by atoms with Gasteiger partial charge in [-0.25, -0.2) is 0 Å². The first-order chi connectivity index (χ1) is 17.0. The highest BCUT2D eigenvalue weighted by atomic mass is 32.1. The van der Waals surface area contributed by atoms with Crippen molar-refractivity contribution in [1.29, 1.82) is 0 Å². The largest absolute Gasteiger partial charge is 0.0830 e. The highest BCUT2D eigenvalue weighted by molar-refractivity contribution is 8.35. The van der Waals surface area contributed by atoms with Crippen molar-refractivity contribution in [3.63, 3.8) is 0 Å². The van der Waals surface area contributed by atoms with E-state index in [0.29, 0.717) is 0 Å². The number of benzene rings is 3. The summed E-state index contributed by atoms with van der Waals surface area (Å²) in [5.74, 6) is 0. The second kappa shape index (κ2) is 10.8. The molecule has 0 heterocycles. The van der Waals surface area contributed by atoms with Gasteiger partial charge in [0.1, 0.15) is 0 Å². The van der Waals surface area contributed by atoms with Gasteiger partial charge >= 0.3 is 0 Å². The van der Waals surface area contributed by atoms with Gasteiger partial charge in [-0.3, -0.25) is 0 Å². The molecule has 3 aromatic carbocycles. The van der Waals surface area contributed by atoms with E-state index >= 15 is 0 Å². The van der Waals surface area contributed by atoms with Crippen LogP contribution in [0.4, 0.5) is 0 Å². The van der Waals surface area contributed by atoms with Crippen molar-refractivity contribution in [2.75, 3.05) is 0 Å². The van der Waals surface area contributed by atoms with Crippen LogP contribution in [0.5, 0.6) is 0 Å². The van der Waals surface area contributed by atoms with Crippen molar-refractivity contribution in [2.24, 2.45) is 0 Å². The first-order valence-electron chi connectivity index (χ1n) is 13.0. The molecule has 187 valence electrons. The summed E-state index contributed by atoms with van der Waals surface area (Å²) in [4.78, 5) is 0. The SMILES string of the molecule is CC1=C(c2ccccc2C)[C](P(P(c2ccc(-c3ccccc3)cc2)C(C)(C)C)C(C)(C)C)CC=C1. The maximum Gasteiger partial charge on any atom is 0.0387 e. The summed E-state index contributed by atoms with van der Waals surface area (Å²) in [6, 6.07) is 29.3. The summed E-state index contributed by atoms with van der Waals surface area (Å²) in [7, 11) is -0.880. The minimum absolute atomic E-state index is 0.196. The van der Waals surface area contributed by atoms with E-state index in [1.807, 2.05) is 0 Å². The van der Waals surface area contributed by atoms with Crippen LogP contribution < -0.4 is 5.30 Å². The molecule has 4 rings (SSSR count). The molecule has 0 fully saturated rings. The summed E-state index contributed by atoms with van der Waals surface area (Å²) in [6.07, 6.45) is 5.80. The van der Waals surface area contributed by atoms with Crippen LogP contribution in [-0.4, -0.2) is 10.3 Å². The molecule has 1 aliphatic carbocycles.